The third-order valence-electron chi connectivity index (χ3n) is 4.62. The van der Waals surface area contributed by atoms with Gasteiger partial charge in [0, 0.05) is 19.6 Å². The quantitative estimate of drug-likeness (QED) is 0.850. The van der Waals surface area contributed by atoms with Gasteiger partial charge in [0.2, 0.25) is 0 Å². The number of carbonyl (C=O) groups is 1. The summed E-state index contributed by atoms with van der Waals surface area (Å²) in [5.41, 5.74) is 0.837. The van der Waals surface area contributed by atoms with Crippen LogP contribution >= 0.6 is 0 Å². The molecule has 0 heterocycles. The number of carbonyl (C=O) groups excluding carboxylic acids is 1. The molecule has 2 unspecified atom stereocenters. The van der Waals surface area contributed by atoms with Crippen LogP contribution < -0.4 is 10.1 Å². The van der Waals surface area contributed by atoms with Crippen molar-refractivity contribution in [1.82, 2.24) is 10.2 Å². The summed E-state index contributed by atoms with van der Waals surface area (Å²) in [6.45, 7) is 2.65. The van der Waals surface area contributed by atoms with Gasteiger partial charge < -0.3 is 15.0 Å². The first-order valence-corrected chi connectivity index (χ1v) is 8.60. The standard InChI is InChI=1S/C18H25F3N2O2/c1-13-4-3-5-15(12-13)23(2)17(24)22-11-10-14-6-8-16(9-7-14)25-18(19,20)21/h6-9,13,15H,3-5,10-12H2,1-2H3,(H,22,24). The van der Waals surface area contributed by atoms with E-state index >= 15 is 0 Å². The molecule has 1 aliphatic carbocycles. The van der Waals surface area contributed by atoms with Crippen molar-refractivity contribution >= 4 is 6.03 Å². The van der Waals surface area contributed by atoms with Crippen molar-refractivity contribution in [3.63, 3.8) is 0 Å². The summed E-state index contributed by atoms with van der Waals surface area (Å²) in [5, 5.41) is 2.87. The van der Waals surface area contributed by atoms with E-state index in [1.54, 1.807) is 17.0 Å². The summed E-state index contributed by atoms with van der Waals surface area (Å²) in [6, 6.07) is 5.87. The maximum absolute atomic E-state index is 12.2. The van der Waals surface area contributed by atoms with Crippen LogP contribution in [0.4, 0.5) is 18.0 Å². The summed E-state index contributed by atoms with van der Waals surface area (Å²) in [6.07, 6.45) is 0.305. The molecule has 1 fully saturated rings. The van der Waals surface area contributed by atoms with E-state index in [1.807, 2.05) is 7.05 Å². The predicted octanol–water partition coefficient (Wildman–Crippen LogP) is 4.35. The number of amides is 2. The summed E-state index contributed by atoms with van der Waals surface area (Å²) in [5.74, 6) is 0.401. The Bertz CT molecular complexity index is 560. The summed E-state index contributed by atoms with van der Waals surface area (Å²) in [7, 11) is 1.82. The maximum Gasteiger partial charge on any atom is 0.573 e. The molecule has 0 aromatic heterocycles. The van der Waals surface area contributed by atoms with Crippen molar-refractivity contribution in [1.29, 1.82) is 0 Å². The van der Waals surface area contributed by atoms with Gasteiger partial charge >= 0.3 is 12.4 Å². The van der Waals surface area contributed by atoms with Gasteiger partial charge in [-0.2, -0.15) is 0 Å². The first-order valence-electron chi connectivity index (χ1n) is 8.60. The molecule has 7 heteroatoms. The number of nitrogens with zero attached hydrogens (tertiary/aromatic N) is 1. The third kappa shape index (κ3) is 6.48. The van der Waals surface area contributed by atoms with Crippen LogP contribution in [0.2, 0.25) is 0 Å². The Labute approximate surface area is 146 Å². The number of nitrogens with one attached hydrogen (secondary N) is 1. The minimum absolute atomic E-state index is 0.101. The number of hydrogen-bond donors (Lipinski definition) is 1. The van der Waals surface area contributed by atoms with Gasteiger partial charge in [-0.15, -0.1) is 13.2 Å². The van der Waals surface area contributed by atoms with Gasteiger partial charge in [-0.1, -0.05) is 31.9 Å². The molecule has 140 valence electrons. The fourth-order valence-electron chi connectivity index (χ4n) is 3.22. The fourth-order valence-corrected chi connectivity index (χ4v) is 3.22. The van der Waals surface area contributed by atoms with Crippen molar-refractivity contribution in [2.45, 2.75) is 51.4 Å². The topological polar surface area (TPSA) is 41.6 Å². The average Bonchev–Trinajstić information content (AvgIpc) is 2.54. The number of benzene rings is 1. The van der Waals surface area contributed by atoms with Crippen molar-refractivity contribution in [2.75, 3.05) is 13.6 Å². The molecule has 0 saturated heterocycles. The second-order valence-corrected chi connectivity index (χ2v) is 6.71. The Morgan fingerprint density at radius 3 is 2.56 bits per heavy atom. The van der Waals surface area contributed by atoms with Crippen LogP contribution in [-0.2, 0) is 6.42 Å². The predicted molar refractivity (Wildman–Crippen MR) is 89.4 cm³/mol. The molecule has 0 bridgehead atoms. The number of halogens is 3. The third-order valence-corrected chi connectivity index (χ3v) is 4.62. The first kappa shape index (κ1) is 19.4. The van der Waals surface area contributed by atoms with Crippen LogP contribution in [0, 0.1) is 5.92 Å². The molecule has 2 atom stereocenters. The Morgan fingerprint density at radius 1 is 1.28 bits per heavy atom. The van der Waals surface area contributed by atoms with Crippen molar-refractivity contribution < 1.29 is 22.7 Å². The normalized spacial score (nSPS) is 20.8. The van der Waals surface area contributed by atoms with Crippen LogP contribution in [0.1, 0.15) is 38.2 Å². The lowest BCUT2D eigenvalue weighted by molar-refractivity contribution is -0.274. The SMILES string of the molecule is CC1CCCC(N(C)C(=O)NCCc2ccc(OC(F)(F)F)cc2)C1. The Kier molecular flexibility index (Phi) is 6.56. The van der Waals surface area contributed by atoms with E-state index in [0.717, 1.165) is 24.8 Å². The minimum Gasteiger partial charge on any atom is -0.406 e. The van der Waals surface area contributed by atoms with Crippen LogP contribution in [0.25, 0.3) is 0 Å². The van der Waals surface area contributed by atoms with Gasteiger partial charge in [-0.3, -0.25) is 0 Å². The van der Waals surface area contributed by atoms with E-state index in [9.17, 15) is 18.0 Å². The van der Waals surface area contributed by atoms with Crippen LogP contribution in [0.3, 0.4) is 0 Å². The van der Waals surface area contributed by atoms with Gasteiger partial charge in [0.05, 0.1) is 0 Å². The fraction of sp³-hybridized carbons (Fsp3) is 0.611. The van der Waals surface area contributed by atoms with E-state index in [0.29, 0.717) is 18.9 Å². The molecule has 4 nitrogen and oxygen atoms in total. The summed E-state index contributed by atoms with van der Waals surface area (Å²) in [4.78, 5) is 14.0. The Balaban J connectivity index is 1.75. The molecule has 0 aliphatic heterocycles. The molecule has 2 rings (SSSR count). The molecular formula is C18H25F3N2O2. The minimum atomic E-state index is -4.68. The number of ether oxygens (including phenoxy) is 1. The number of urea groups is 1. The van der Waals surface area contributed by atoms with Gasteiger partial charge in [0.1, 0.15) is 5.75 Å². The second-order valence-electron chi connectivity index (χ2n) is 6.71. The molecule has 0 spiro atoms. The lowest BCUT2D eigenvalue weighted by Crippen LogP contribution is -2.45. The maximum atomic E-state index is 12.2. The molecule has 2 amide bonds. The molecule has 1 N–H and O–H groups in total. The zero-order valence-electron chi connectivity index (χ0n) is 14.6. The number of rotatable bonds is 5. The summed E-state index contributed by atoms with van der Waals surface area (Å²) >= 11 is 0. The van der Waals surface area contributed by atoms with Crippen LogP contribution in [-0.4, -0.2) is 36.9 Å². The largest absolute Gasteiger partial charge is 0.573 e. The highest BCUT2D eigenvalue weighted by Gasteiger charge is 2.31. The molecule has 1 aromatic rings. The van der Waals surface area contributed by atoms with Crippen LogP contribution in [0.5, 0.6) is 5.75 Å². The Hall–Kier alpha value is -1.92. The molecular weight excluding hydrogens is 333 g/mol. The monoisotopic (exact) mass is 358 g/mol. The highest BCUT2D eigenvalue weighted by atomic mass is 19.4. The van der Waals surface area contributed by atoms with Crippen LogP contribution in [0.15, 0.2) is 24.3 Å². The van der Waals surface area contributed by atoms with E-state index < -0.39 is 6.36 Å². The summed E-state index contributed by atoms with van der Waals surface area (Å²) < 4.78 is 40.2. The molecule has 0 radical (unpaired) electrons. The Morgan fingerprint density at radius 2 is 1.96 bits per heavy atom. The van der Waals surface area contributed by atoms with Gasteiger partial charge in [-0.25, -0.2) is 4.79 Å². The van der Waals surface area contributed by atoms with Gasteiger partial charge in [-0.05, 0) is 42.9 Å². The lowest BCUT2D eigenvalue weighted by atomic mass is 9.86. The zero-order valence-corrected chi connectivity index (χ0v) is 14.6. The second kappa shape index (κ2) is 8.45. The number of alkyl halides is 3. The molecule has 1 saturated carbocycles. The van der Waals surface area contributed by atoms with Crippen molar-refractivity contribution in [3.05, 3.63) is 29.8 Å². The molecule has 1 aliphatic rings. The lowest BCUT2D eigenvalue weighted by Gasteiger charge is -2.34. The average molecular weight is 358 g/mol. The van der Waals surface area contributed by atoms with E-state index in [2.05, 4.69) is 17.0 Å². The van der Waals surface area contributed by atoms with Gasteiger partial charge in [0.25, 0.3) is 0 Å². The van der Waals surface area contributed by atoms with E-state index in [1.165, 1.54) is 18.6 Å². The van der Waals surface area contributed by atoms with Crippen molar-refractivity contribution in [3.8, 4) is 5.75 Å². The molecule has 25 heavy (non-hydrogen) atoms. The van der Waals surface area contributed by atoms with E-state index in [4.69, 9.17) is 0 Å². The van der Waals surface area contributed by atoms with Crippen molar-refractivity contribution in [2.24, 2.45) is 5.92 Å². The van der Waals surface area contributed by atoms with Gasteiger partial charge in [0.15, 0.2) is 0 Å². The highest BCUT2D eigenvalue weighted by Crippen LogP contribution is 2.26. The van der Waals surface area contributed by atoms with E-state index in [-0.39, 0.29) is 17.8 Å². The smallest absolute Gasteiger partial charge is 0.406 e. The molecule has 1 aromatic carbocycles. The highest BCUT2D eigenvalue weighted by molar-refractivity contribution is 5.74. The number of hydrogen-bond acceptors (Lipinski definition) is 2. The first-order chi connectivity index (χ1) is 11.7. The zero-order chi connectivity index (χ0) is 18.4.